The molecule has 0 aliphatic carbocycles. The summed E-state index contributed by atoms with van der Waals surface area (Å²) in [7, 11) is 0. The first-order chi connectivity index (χ1) is 17.9. The van der Waals surface area contributed by atoms with Crippen molar-refractivity contribution >= 4 is 34.5 Å². The van der Waals surface area contributed by atoms with Crippen molar-refractivity contribution in [2.45, 2.75) is 51.8 Å². The Morgan fingerprint density at radius 1 is 1.14 bits per heavy atom. The van der Waals surface area contributed by atoms with Crippen LogP contribution in [0.3, 0.4) is 0 Å². The highest BCUT2D eigenvalue weighted by Crippen LogP contribution is 2.27. The molecule has 4 rings (SSSR count). The highest BCUT2D eigenvalue weighted by atomic mass is 32.1. The Labute approximate surface area is 222 Å². The average Bonchev–Trinajstić information content (AvgIpc) is 3.51. The summed E-state index contributed by atoms with van der Waals surface area (Å²) in [6.45, 7) is 6.43. The van der Waals surface area contributed by atoms with E-state index in [4.69, 9.17) is 0 Å². The number of aryl methyl sites for hydroxylation is 1. The van der Waals surface area contributed by atoms with E-state index in [1.807, 2.05) is 43.3 Å². The van der Waals surface area contributed by atoms with Gasteiger partial charge >= 0.3 is 0 Å². The van der Waals surface area contributed by atoms with Crippen molar-refractivity contribution in [2.75, 3.05) is 29.9 Å². The molecule has 3 aromatic rings. The molecule has 0 bridgehead atoms. The molecule has 196 valence electrons. The molecular weight excluding hydrogens is 484 g/mol. The molecule has 4 N–H and O–H groups in total. The van der Waals surface area contributed by atoms with E-state index in [9.17, 15) is 14.7 Å². The Balaban J connectivity index is 1.50. The van der Waals surface area contributed by atoms with Gasteiger partial charge in [-0.05, 0) is 62.6 Å². The molecule has 1 fully saturated rings. The van der Waals surface area contributed by atoms with Gasteiger partial charge < -0.3 is 26.0 Å². The van der Waals surface area contributed by atoms with Gasteiger partial charge in [0, 0.05) is 59.3 Å². The van der Waals surface area contributed by atoms with E-state index < -0.39 is 12.1 Å². The number of nitrogens with one attached hydrogen (secondary N) is 3. The third kappa shape index (κ3) is 7.41. The van der Waals surface area contributed by atoms with Crippen molar-refractivity contribution in [3.63, 3.8) is 0 Å². The smallest absolute Gasteiger partial charge is 0.251 e. The van der Waals surface area contributed by atoms with Gasteiger partial charge in [0.15, 0.2) is 0 Å². The molecule has 7 nitrogen and oxygen atoms in total. The number of amides is 2. The third-order valence-electron chi connectivity index (χ3n) is 6.47. The van der Waals surface area contributed by atoms with Gasteiger partial charge in [0.05, 0.1) is 12.1 Å². The largest absolute Gasteiger partial charge is 0.390 e. The summed E-state index contributed by atoms with van der Waals surface area (Å²) in [6, 6.07) is 19.0. The van der Waals surface area contributed by atoms with Crippen molar-refractivity contribution in [1.82, 2.24) is 10.6 Å². The summed E-state index contributed by atoms with van der Waals surface area (Å²) in [5.41, 5.74) is 3.00. The number of aliphatic hydroxyl groups is 1. The Kier molecular flexibility index (Phi) is 9.33. The third-order valence-corrected chi connectivity index (χ3v) is 7.47. The first kappa shape index (κ1) is 26.9. The number of rotatable bonds is 12. The van der Waals surface area contributed by atoms with Crippen molar-refractivity contribution in [3.8, 4) is 0 Å². The van der Waals surface area contributed by atoms with Crippen LogP contribution in [0.4, 0.5) is 11.4 Å². The Morgan fingerprint density at radius 3 is 2.62 bits per heavy atom. The zero-order chi connectivity index (χ0) is 26.2. The maximum absolute atomic E-state index is 13.5. The van der Waals surface area contributed by atoms with E-state index >= 15 is 0 Å². The average molecular weight is 521 g/mol. The predicted molar refractivity (Wildman–Crippen MR) is 150 cm³/mol. The number of anilines is 2. The van der Waals surface area contributed by atoms with Crippen molar-refractivity contribution in [1.29, 1.82) is 0 Å². The fourth-order valence-electron chi connectivity index (χ4n) is 4.59. The van der Waals surface area contributed by atoms with Gasteiger partial charge in [0.1, 0.15) is 0 Å². The Hall–Kier alpha value is -3.20. The van der Waals surface area contributed by atoms with Gasteiger partial charge in [-0.2, -0.15) is 0 Å². The van der Waals surface area contributed by atoms with E-state index in [0.29, 0.717) is 44.6 Å². The SMILES string of the molecule is CCNc1cc(C(=O)N[C@@H](Cc2ccccc2)[C@@H](O)CNCc2ccc(C)s2)cc(N2CCCC2=O)c1. The molecule has 0 spiro atoms. The zero-order valence-corrected chi connectivity index (χ0v) is 22.3. The molecule has 0 radical (unpaired) electrons. The van der Waals surface area contributed by atoms with Gasteiger partial charge in [-0.15, -0.1) is 11.3 Å². The van der Waals surface area contributed by atoms with E-state index in [0.717, 1.165) is 23.4 Å². The highest BCUT2D eigenvalue weighted by molar-refractivity contribution is 7.11. The van der Waals surface area contributed by atoms with Gasteiger partial charge in [0.25, 0.3) is 5.91 Å². The topological polar surface area (TPSA) is 93.7 Å². The second-order valence-corrected chi connectivity index (χ2v) is 10.8. The maximum Gasteiger partial charge on any atom is 0.251 e. The first-order valence-electron chi connectivity index (χ1n) is 12.9. The number of hydrogen-bond donors (Lipinski definition) is 4. The molecule has 2 amide bonds. The summed E-state index contributed by atoms with van der Waals surface area (Å²) < 4.78 is 0. The minimum Gasteiger partial charge on any atom is -0.390 e. The Bertz CT molecular complexity index is 1200. The molecule has 2 aromatic carbocycles. The van der Waals surface area contributed by atoms with Crippen LogP contribution in [0.25, 0.3) is 0 Å². The van der Waals surface area contributed by atoms with Crippen LogP contribution in [-0.4, -0.2) is 48.7 Å². The molecule has 1 aliphatic rings. The fraction of sp³-hybridized carbons (Fsp3) is 0.379. The number of carbonyl (C=O) groups is 2. The zero-order valence-electron chi connectivity index (χ0n) is 21.5. The molecule has 1 saturated heterocycles. The molecule has 1 aliphatic heterocycles. The maximum atomic E-state index is 13.5. The minimum absolute atomic E-state index is 0.0735. The van der Waals surface area contributed by atoms with E-state index in [2.05, 4.69) is 35.0 Å². The molecule has 2 heterocycles. The molecule has 37 heavy (non-hydrogen) atoms. The number of thiophene rings is 1. The predicted octanol–water partition coefficient (Wildman–Crippen LogP) is 4.11. The lowest BCUT2D eigenvalue weighted by Crippen LogP contribution is -2.48. The van der Waals surface area contributed by atoms with E-state index in [1.54, 1.807) is 28.4 Å². The lowest BCUT2D eigenvalue weighted by Gasteiger charge is -2.25. The quantitative estimate of drug-likeness (QED) is 0.288. The second kappa shape index (κ2) is 12.9. The van der Waals surface area contributed by atoms with Crippen LogP contribution in [0, 0.1) is 6.92 Å². The second-order valence-electron chi connectivity index (χ2n) is 9.43. The lowest BCUT2D eigenvalue weighted by atomic mass is 10.00. The number of benzene rings is 2. The normalized spacial score (nSPS) is 15.0. The van der Waals surface area contributed by atoms with Crippen molar-refractivity contribution < 1.29 is 14.7 Å². The summed E-state index contributed by atoms with van der Waals surface area (Å²) in [5.74, 6) is -0.203. The monoisotopic (exact) mass is 520 g/mol. The van der Waals surface area contributed by atoms with Crippen LogP contribution in [-0.2, 0) is 17.8 Å². The van der Waals surface area contributed by atoms with Crippen LogP contribution in [0.15, 0.2) is 60.7 Å². The number of carbonyl (C=O) groups excluding carboxylic acids is 2. The molecule has 0 saturated carbocycles. The van der Waals surface area contributed by atoms with E-state index in [1.165, 1.54) is 9.75 Å². The van der Waals surface area contributed by atoms with Crippen LogP contribution < -0.4 is 20.9 Å². The lowest BCUT2D eigenvalue weighted by molar-refractivity contribution is -0.117. The van der Waals surface area contributed by atoms with E-state index in [-0.39, 0.29) is 11.8 Å². The molecule has 0 unspecified atom stereocenters. The highest BCUT2D eigenvalue weighted by Gasteiger charge is 2.25. The molecular formula is C29H36N4O3S. The van der Waals surface area contributed by atoms with Crippen LogP contribution >= 0.6 is 11.3 Å². The number of nitrogens with zero attached hydrogens (tertiary/aromatic N) is 1. The summed E-state index contributed by atoms with van der Waals surface area (Å²) >= 11 is 1.73. The first-order valence-corrected chi connectivity index (χ1v) is 13.7. The number of aliphatic hydroxyl groups excluding tert-OH is 1. The van der Waals surface area contributed by atoms with Gasteiger partial charge in [-0.25, -0.2) is 0 Å². The molecule has 8 heteroatoms. The number of hydrogen-bond acceptors (Lipinski definition) is 6. The van der Waals surface area contributed by atoms with Gasteiger partial charge in [-0.1, -0.05) is 30.3 Å². The Morgan fingerprint density at radius 2 is 1.95 bits per heavy atom. The fourth-order valence-corrected chi connectivity index (χ4v) is 5.45. The summed E-state index contributed by atoms with van der Waals surface area (Å²) in [4.78, 5) is 30.0. The standard InChI is InChI=1S/C29H36N4O3S/c1-3-31-23-15-22(16-24(17-23)33-13-7-10-28(33)35)29(36)32-26(14-21-8-5-4-6-9-21)27(34)19-30-18-25-12-11-20(2)37-25/h4-6,8-9,11-12,15-17,26-27,30-31,34H,3,7,10,13-14,18-19H2,1-2H3,(H,32,36)/t26-,27-/m0/s1. The molecule has 2 atom stereocenters. The van der Waals surface area contributed by atoms with Crippen LogP contribution in [0.2, 0.25) is 0 Å². The van der Waals surface area contributed by atoms with Gasteiger partial charge in [0.2, 0.25) is 5.91 Å². The van der Waals surface area contributed by atoms with Crippen molar-refractivity contribution in [3.05, 3.63) is 81.5 Å². The van der Waals surface area contributed by atoms with Crippen molar-refractivity contribution in [2.24, 2.45) is 0 Å². The van der Waals surface area contributed by atoms with Gasteiger partial charge in [-0.3, -0.25) is 9.59 Å². The van der Waals surface area contributed by atoms with Crippen LogP contribution in [0.5, 0.6) is 0 Å². The summed E-state index contributed by atoms with van der Waals surface area (Å²) in [5, 5.41) is 20.8. The molecule has 1 aromatic heterocycles. The summed E-state index contributed by atoms with van der Waals surface area (Å²) in [6.07, 6.45) is 1.05. The van der Waals surface area contributed by atoms with Crippen LogP contribution in [0.1, 0.15) is 45.4 Å². The minimum atomic E-state index is -0.790.